The van der Waals surface area contributed by atoms with Gasteiger partial charge in [-0.3, -0.25) is 0 Å². The Morgan fingerprint density at radius 2 is 1.88 bits per heavy atom. The van der Waals surface area contributed by atoms with Gasteiger partial charge < -0.3 is 5.32 Å². The Morgan fingerprint density at radius 3 is 2.64 bits per heavy atom. The highest BCUT2D eigenvalue weighted by molar-refractivity contribution is 7.98. The first-order chi connectivity index (χ1) is 12.2. The number of hydrogen-bond acceptors (Lipinski definition) is 6. The van der Waals surface area contributed by atoms with Gasteiger partial charge in [0.15, 0.2) is 10.3 Å². The van der Waals surface area contributed by atoms with Gasteiger partial charge >= 0.3 is 0 Å². The van der Waals surface area contributed by atoms with Gasteiger partial charge in [-0.1, -0.05) is 42.5 Å². The molecule has 0 aliphatic heterocycles. The fourth-order valence-electron chi connectivity index (χ4n) is 2.55. The number of aromatic nitrogens is 2. The van der Waals surface area contributed by atoms with Crippen LogP contribution in [0.1, 0.15) is 12.5 Å². The van der Waals surface area contributed by atoms with Crippen LogP contribution in [0.3, 0.4) is 0 Å². The predicted molar refractivity (Wildman–Crippen MR) is 112 cm³/mol. The molecule has 1 N–H and O–H groups in total. The highest BCUT2D eigenvalue weighted by atomic mass is 32.2. The second kappa shape index (κ2) is 7.15. The average Bonchev–Trinajstić information content (AvgIpc) is 3.27. The molecule has 25 heavy (non-hydrogen) atoms. The van der Waals surface area contributed by atoms with Crippen LogP contribution in [0.4, 0.5) is 10.3 Å². The third-order valence-electron chi connectivity index (χ3n) is 3.97. The molecule has 3 nitrogen and oxygen atoms in total. The third-order valence-corrected chi connectivity index (χ3v) is 6.39. The molecule has 0 aliphatic carbocycles. The fourth-order valence-corrected chi connectivity index (χ4v) is 4.75. The van der Waals surface area contributed by atoms with Crippen molar-refractivity contribution in [3.05, 3.63) is 53.4 Å². The minimum atomic E-state index is 0.874. The van der Waals surface area contributed by atoms with Crippen molar-refractivity contribution >= 4 is 54.9 Å². The summed E-state index contributed by atoms with van der Waals surface area (Å²) in [6.07, 6.45) is 3.14. The number of anilines is 2. The number of nitrogens with one attached hydrogen (secondary N) is 1. The van der Waals surface area contributed by atoms with Crippen LogP contribution in [-0.2, 0) is 6.42 Å². The summed E-state index contributed by atoms with van der Waals surface area (Å²) in [5.74, 6) is 0. The normalized spacial score (nSPS) is 11.1. The van der Waals surface area contributed by atoms with Crippen molar-refractivity contribution in [1.29, 1.82) is 0 Å². The number of hydrogen-bond donors (Lipinski definition) is 1. The molecule has 0 fully saturated rings. The molecule has 0 atom stereocenters. The van der Waals surface area contributed by atoms with E-state index >= 15 is 0 Å². The number of thioether (sulfide) groups is 1. The van der Waals surface area contributed by atoms with Gasteiger partial charge in [-0.25, -0.2) is 9.97 Å². The molecule has 0 saturated heterocycles. The van der Waals surface area contributed by atoms with Crippen LogP contribution in [-0.4, -0.2) is 16.2 Å². The summed E-state index contributed by atoms with van der Waals surface area (Å²) in [7, 11) is 0. The van der Waals surface area contributed by atoms with E-state index in [1.165, 1.54) is 15.2 Å². The maximum atomic E-state index is 4.71. The standard InChI is InChI=1S/C19H17N3S3/c1-3-12-4-6-13(7-5-12)16-11-24-18(21-16)22-19-20-15-9-8-14(23-2)10-17(15)25-19/h4-11H,3H2,1-2H3,(H,20,21,22). The molecule has 2 heterocycles. The SMILES string of the molecule is CCc1ccc(-c2csc(Nc3nc4ccc(SC)cc4s3)n2)cc1. The first-order valence-corrected chi connectivity index (χ1v) is 10.9. The van der Waals surface area contributed by atoms with E-state index in [0.717, 1.165) is 33.5 Å². The molecule has 0 spiro atoms. The summed E-state index contributed by atoms with van der Waals surface area (Å²) in [5, 5.41) is 7.20. The van der Waals surface area contributed by atoms with E-state index in [1.54, 1.807) is 34.4 Å². The smallest absolute Gasteiger partial charge is 0.190 e. The largest absolute Gasteiger partial charge is 0.307 e. The Labute approximate surface area is 159 Å². The van der Waals surface area contributed by atoms with E-state index in [9.17, 15) is 0 Å². The molecular weight excluding hydrogens is 366 g/mol. The van der Waals surface area contributed by atoms with Crippen LogP contribution in [0.25, 0.3) is 21.5 Å². The van der Waals surface area contributed by atoms with E-state index in [1.807, 2.05) is 0 Å². The van der Waals surface area contributed by atoms with Crippen LogP contribution < -0.4 is 5.32 Å². The van der Waals surface area contributed by atoms with Crippen LogP contribution in [0, 0.1) is 0 Å². The molecule has 0 radical (unpaired) electrons. The molecule has 0 bridgehead atoms. The Kier molecular flexibility index (Phi) is 4.74. The number of rotatable bonds is 5. The highest BCUT2D eigenvalue weighted by Crippen LogP contribution is 2.33. The van der Waals surface area contributed by atoms with E-state index in [-0.39, 0.29) is 0 Å². The highest BCUT2D eigenvalue weighted by Gasteiger charge is 2.09. The summed E-state index contributed by atoms with van der Waals surface area (Å²) < 4.78 is 1.20. The second-order valence-electron chi connectivity index (χ2n) is 5.57. The second-order valence-corrected chi connectivity index (χ2v) is 8.33. The summed E-state index contributed by atoms with van der Waals surface area (Å²) in [6, 6.07) is 15.0. The van der Waals surface area contributed by atoms with Crippen LogP contribution in [0.5, 0.6) is 0 Å². The molecule has 4 aromatic rings. The topological polar surface area (TPSA) is 37.8 Å². The van der Waals surface area contributed by atoms with E-state index in [0.29, 0.717) is 0 Å². The average molecular weight is 384 g/mol. The van der Waals surface area contributed by atoms with Gasteiger partial charge in [0.05, 0.1) is 15.9 Å². The lowest BCUT2D eigenvalue weighted by molar-refractivity contribution is 1.14. The zero-order valence-corrected chi connectivity index (χ0v) is 16.4. The fraction of sp³-hybridized carbons (Fsp3) is 0.158. The van der Waals surface area contributed by atoms with Gasteiger partial charge in [0, 0.05) is 15.8 Å². The lowest BCUT2D eigenvalue weighted by atomic mass is 10.1. The van der Waals surface area contributed by atoms with Crippen LogP contribution >= 0.6 is 34.4 Å². The monoisotopic (exact) mass is 383 g/mol. The Hall–Kier alpha value is -1.89. The van der Waals surface area contributed by atoms with Gasteiger partial charge in [0.25, 0.3) is 0 Å². The summed E-state index contributed by atoms with van der Waals surface area (Å²) in [6.45, 7) is 2.17. The van der Waals surface area contributed by atoms with Crippen molar-refractivity contribution in [2.75, 3.05) is 11.6 Å². The molecule has 0 amide bonds. The summed E-state index contributed by atoms with van der Waals surface area (Å²) >= 11 is 5.02. The first-order valence-electron chi connectivity index (χ1n) is 8.01. The van der Waals surface area contributed by atoms with Crippen molar-refractivity contribution in [2.24, 2.45) is 0 Å². The minimum Gasteiger partial charge on any atom is -0.307 e. The minimum absolute atomic E-state index is 0.874. The number of benzene rings is 2. The number of thiazole rings is 2. The van der Waals surface area contributed by atoms with Gasteiger partial charge in [-0.05, 0) is 36.4 Å². The van der Waals surface area contributed by atoms with Gasteiger partial charge in [0.1, 0.15) is 0 Å². The Balaban J connectivity index is 1.56. The van der Waals surface area contributed by atoms with Crippen molar-refractivity contribution in [3.63, 3.8) is 0 Å². The number of aryl methyl sites for hydroxylation is 1. The van der Waals surface area contributed by atoms with Crippen LogP contribution in [0.15, 0.2) is 52.7 Å². The quantitative estimate of drug-likeness (QED) is 0.402. The molecule has 0 saturated carbocycles. The molecule has 2 aromatic carbocycles. The number of fused-ring (bicyclic) bond motifs is 1. The van der Waals surface area contributed by atoms with Crippen molar-refractivity contribution in [1.82, 2.24) is 9.97 Å². The molecular formula is C19H17N3S3. The van der Waals surface area contributed by atoms with Crippen molar-refractivity contribution in [3.8, 4) is 11.3 Å². The Bertz CT molecular complexity index is 1000. The maximum absolute atomic E-state index is 4.71. The third kappa shape index (κ3) is 3.56. The van der Waals surface area contributed by atoms with Crippen molar-refractivity contribution in [2.45, 2.75) is 18.2 Å². The molecule has 6 heteroatoms. The molecule has 2 aromatic heterocycles. The molecule has 4 rings (SSSR count). The van der Waals surface area contributed by atoms with E-state index < -0.39 is 0 Å². The first kappa shape index (κ1) is 16.6. The van der Waals surface area contributed by atoms with Gasteiger partial charge in [0.2, 0.25) is 0 Å². The molecule has 0 unspecified atom stereocenters. The van der Waals surface area contributed by atoms with E-state index in [2.05, 4.69) is 71.3 Å². The van der Waals surface area contributed by atoms with Crippen molar-refractivity contribution < 1.29 is 0 Å². The lowest BCUT2D eigenvalue weighted by Gasteiger charge is -1.99. The summed E-state index contributed by atoms with van der Waals surface area (Å²) in [4.78, 5) is 10.6. The number of nitrogens with zero attached hydrogens (tertiary/aromatic N) is 2. The van der Waals surface area contributed by atoms with E-state index in [4.69, 9.17) is 4.98 Å². The van der Waals surface area contributed by atoms with Gasteiger partial charge in [-0.2, -0.15) is 0 Å². The van der Waals surface area contributed by atoms with Crippen LogP contribution in [0.2, 0.25) is 0 Å². The maximum Gasteiger partial charge on any atom is 0.190 e. The predicted octanol–water partition coefficient (Wildman–Crippen LogP) is 6.45. The molecule has 0 aliphatic rings. The zero-order valence-electron chi connectivity index (χ0n) is 13.9. The Morgan fingerprint density at radius 1 is 1.04 bits per heavy atom. The molecule has 126 valence electrons. The summed E-state index contributed by atoms with van der Waals surface area (Å²) in [5.41, 5.74) is 4.52. The lowest BCUT2D eigenvalue weighted by Crippen LogP contribution is -1.88. The van der Waals surface area contributed by atoms with Gasteiger partial charge in [-0.15, -0.1) is 23.1 Å². The zero-order chi connectivity index (χ0) is 17.2.